The number of nitriles is 1. The summed E-state index contributed by atoms with van der Waals surface area (Å²) in [6, 6.07) is 9.07. The Morgan fingerprint density at radius 1 is 1.16 bits per heavy atom. The van der Waals surface area contributed by atoms with Gasteiger partial charge in [-0.05, 0) is 42.3 Å². The lowest BCUT2D eigenvalue weighted by Crippen LogP contribution is -2.28. The van der Waals surface area contributed by atoms with E-state index < -0.39 is 29.9 Å². The Labute approximate surface area is 218 Å². The van der Waals surface area contributed by atoms with E-state index in [0.29, 0.717) is 44.0 Å². The summed E-state index contributed by atoms with van der Waals surface area (Å²) in [6.45, 7) is 2.96. The van der Waals surface area contributed by atoms with Gasteiger partial charge in [0.1, 0.15) is 6.07 Å². The zero-order chi connectivity index (χ0) is 27.7. The molecule has 0 radical (unpaired) electrons. The number of nitrogens with two attached hydrogens (primary N) is 1. The van der Waals surface area contributed by atoms with Crippen molar-refractivity contribution in [2.45, 2.75) is 13.3 Å². The van der Waals surface area contributed by atoms with E-state index in [0.717, 1.165) is 5.56 Å². The first-order valence-corrected chi connectivity index (χ1v) is 11.8. The molecule has 0 saturated heterocycles. The maximum atomic E-state index is 14.7. The fraction of sp³-hybridized carbons (Fsp3) is 0.308. The van der Waals surface area contributed by atoms with E-state index >= 15 is 0 Å². The average Bonchev–Trinajstić information content (AvgIpc) is 3.30. The SMILES string of the molecule is CCc1cc(NC(=O)c2ncc(-c3ccc(OCC#N)c(F)c3F)n2C)ccc1C(=O)NCCOCCN. The van der Waals surface area contributed by atoms with Crippen LogP contribution in [0, 0.1) is 23.0 Å². The van der Waals surface area contributed by atoms with Crippen molar-refractivity contribution in [2.75, 3.05) is 38.2 Å². The fourth-order valence-corrected chi connectivity index (χ4v) is 3.71. The smallest absolute Gasteiger partial charge is 0.291 e. The molecule has 2 amide bonds. The lowest BCUT2D eigenvalue weighted by Gasteiger charge is -2.13. The van der Waals surface area contributed by atoms with E-state index in [1.807, 2.05) is 6.92 Å². The third-order valence-corrected chi connectivity index (χ3v) is 5.59. The van der Waals surface area contributed by atoms with Crippen molar-refractivity contribution in [2.24, 2.45) is 12.8 Å². The number of halogens is 2. The second-order valence-electron chi connectivity index (χ2n) is 8.05. The van der Waals surface area contributed by atoms with Gasteiger partial charge in [0.25, 0.3) is 11.8 Å². The zero-order valence-electron chi connectivity index (χ0n) is 21.0. The van der Waals surface area contributed by atoms with Crippen molar-refractivity contribution in [1.82, 2.24) is 14.9 Å². The van der Waals surface area contributed by atoms with Crippen LogP contribution in [0.4, 0.5) is 14.5 Å². The van der Waals surface area contributed by atoms with Crippen LogP contribution in [0.25, 0.3) is 11.3 Å². The second kappa shape index (κ2) is 13.3. The molecule has 0 unspecified atom stereocenters. The van der Waals surface area contributed by atoms with E-state index in [1.165, 1.54) is 29.9 Å². The monoisotopic (exact) mass is 526 g/mol. The lowest BCUT2D eigenvalue weighted by atomic mass is 10.0. The topological polar surface area (TPSA) is 144 Å². The standard InChI is InChI=1S/C26H28F2N6O4/c1-3-16-14-17(4-5-18(16)25(35)31-10-13-37-11-8-29)33-26(36)24-32-15-20(34(24)2)19-6-7-21(38-12-9-30)23(28)22(19)27/h4-7,14-15H,3,8,10-13,29H2,1-2H3,(H,31,35)(H,33,36). The van der Waals surface area contributed by atoms with Crippen molar-refractivity contribution in [3.8, 4) is 23.1 Å². The van der Waals surface area contributed by atoms with Gasteiger partial charge in [0, 0.05) is 37.0 Å². The van der Waals surface area contributed by atoms with Crippen LogP contribution in [0.15, 0.2) is 36.5 Å². The number of hydrogen-bond donors (Lipinski definition) is 3. The fourth-order valence-electron chi connectivity index (χ4n) is 3.71. The molecule has 0 aliphatic heterocycles. The highest BCUT2D eigenvalue weighted by Gasteiger charge is 2.22. The number of aryl methyl sites for hydroxylation is 1. The van der Waals surface area contributed by atoms with Crippen molar-refractivity contribution in [3.05, 3.63) is 65.1 Å². The summed E-state index contributed by atoms with van der Waals surface area (Å²) in [7, 11) is 1.50. The van der Waals surface area contributed by atoms with Gasteiger partial charge in [-0.2, -0.15) is 9.65 Å². The van der Waals surface area contributed by atoms with Gasteiger partial charge in [-0.15, -0.1) is 0 Å². The van der Waals surface area contributed by atoms with Gasteiger partial charge in [0.15, 0.2) is 24.0 Å². The van der Waals surface area contributed by atoms with Crippen LogP contribution >= 0.6 is 0 Å². The Bertz CT molecular complexity index is 1350. The molecule has 0 aliphatic carbocycles. The predicted molar refractivity (Wildman–Crippen MR) is 136 cm³/mol. The summed E-state index contributed by atoms with van der Waals surface area (Å²) in [5, 5.41) is 14.1. The molecule has 1 aromatic heterocycles. The van der Waals surface area contributed by atoms with E-state index in [9.17, 15) is 18.4 Å². The van der Waals surface area contributed by atoms with Crippen LogP contribution in [-0.2, 0) is 18.2 Å². The molecule has 3 rings (SSSR count). The van der Waals surface area contributed by atoms with Crippen molar-refractivity contribution >= 4 is 17.5 Å². The minimum Gasteiger partial charge on any atom is -0.476 e. The first-order chi connectivity index (χ1) is 18.3. The summed E-state index contributed by atoms with van der Waals surface area (Å²) in [4.78, 5) is 29.6. The minimum absolute atomic E-state index is 0.0398. The number of anilines is 1. The predicted octanol–water partition coefficient (Wildman–Crippen LogP) is 2.79. The average molecular weight is 527 g/mol. The molecule has 0 saturated carbocycles. The van der Waals surface area contributed by atoms with E-state index in [1.54, 1.807) is 24.3 Å². The quantitative estimate of drug-likeness (QED) is 0.308. The first kappa shape index (κ1) is 28.2. The Kier molecular flexibility index (Phi) is 9.86. The second-order valence-corrected chi connectivity index (χ2v) is 8.05. The van der Waals surface area contributed by atoms with E-state index in [4.69, 9.17) is 20.5 Å². The Balaban J connectivity index is 1.74. The highest BCUT2D eigenvalue weighted by atomic mass is 19.2. The maximum absolute atomic E-state index is 14.7. The number of hydrogen-bond acceptors (Lipinski definition) is 7. The van der Waals surface area contributed by atoms with Gasteiger partial charge in [0.05, 0.1) is 25.1 Å². The number of nitrogens with zero attached hydrogens (tertiary/aromatic N) is 3. The highest BCUT2D eigenvalue weighted by molar-refractivity contribution is 6.03. The molecule has 200 valence electrons. The summed E-state index contributed by atoms with van der Waals surface area (Å²) in [5.74, 6) is -3.71. The highest BCUT2D eigenvalue weighted by Crippen LogP contribution is 2.30. The number of aromatic nitrogens is 2. The summed E-state index contributed by atoms with van der Waals surface area (Å²) < 4.78 is 40.5. The molecule has 0 spiro atoms. The molecule has 4 N–H and O–H groups in total. The summed E-state index contributed by atoms with van der Waals surface area (Å²) >= 11 is 0. The number of imidazole rings is 1. The number of ether oxygens (including phenoxy) is 2. The number of carbonyl (C=O) groups is 2. The van der Waals surface area contributed by atoms with Crippen molar-refractivity contribution in [1.29, 1.82) is 5.26 Å². The van der Waals surface area contributed by atoms with Crippen LogP contribution in [0.5, 0.6) is 5.75 Å². The van der Waals surface area contributed by atoms with Crippen molar-refractivity contribution < 1.29 is 27.8 Å². The Hall–Kier alpha value is -4.34. The molecule has 0 fully saturated rings. The largest absolute Gasteiger partial charge is 0.476 e. The van der Waals surface area contributed by atoms with Crippen LogP contribution in [0.2, 0.25) is 0 Å². The van der Waals surface area contributed by atoms with Crippen molar-refractivity contribution in [3.63, 3.8) is 0 Å². The van der Waals surface area contributed by atoms with Gasteiger partial charge in [0.2, 0.25) is 5.82 Å². The number of benzene rings is 2. The molecule has 0 aliphatic rings. The number of amides is 2. The van der Waals surface area contributed by atoms with Crippen LogP contribution in [0.1, 0.15) is 33.5 Å². The van der Waals surface area contributed by atoms with Crippen LogP contribution in [0.3, 0.4) is 0 Å². The summed E-state index contributed by atoms with van der Waals surface area (Å²) in [6.07, 6.45) is 1.80. The number of rotatable bonds is 12. The molecule has 1 heterocycles. The molecular weight excluding hydrogens is 498 g/mol. The molecule has 0 atom stereocenters. The van der Waals surface area contributed by atoms with Gasteiger partial charge in [-0.1, -0.05) is 6.92 Å². The minimum atomic E-state index is -1.25. The normalized spacial score (nSPS) is 10.6. The third-order valence-electron chi connectivity index (χ3n) is 5.59. The van der Waals surface area contributed by atoms with E-state index in [-0.39, 0.29) is 23.0 Å². The molecule has 38 heavy (non-hydrogen) atoms. The molecular formula is C26H28F2N6O4. The maximum Gasteiger partial charge on any atom is 0.291 e. The lowest BCUT2D eigenvalue weighted by molar-refractivity contribution is 0.0918. The number of carbonyl (C=O) groups excluding carboxylic acids is 2. The van der Waals surface area contributed by atoms with Crippen LogP contribution in [-0.4, -0.2) is 54.3 Å². The Morgan fingerprint density at radius 2 is 1.95 bits per heavy atom. The van der Waals surface area contributed by atoms with Gasteiger partial charge < -0.3 is 30.4 Å². The molecule has 0 bridgehead atoms. The third kappa shape index (κ3) is 6.50. The Morgan fingerprint density at radius 3 is 2.66 bits per heavy atom. The van der Waals surface area contributed by atoms with Gasteiger partial charge in [-0.3, -0.25) is 9.59 Å². The zero-order valence-corrected chi connectivity index (χ0v) is 21.0. The molecule has 3 aromatic rings. The van der Waals surface area contributed by atoms with E-state index in [2.05, 4.69) is 15.6 Å². The molecule has 2 aromatic carbocycles. The van der Waals surface area contributed by atoms with Gasteiger partial charge in [-0.25, -0.2) is 9.37 Å². The van der Waals surface area contributed by atoms with Crippen LogP contribution < -0.4 is 21.1 Å². The van der Waals surface area contributed by atoms with Gasteiger partial charge >= 0.3 is 0 Å². The molecule has 12 heteroatoms. The number of nitrogens with one attached hydrogen (secondary N) is 2. The first-order valence-electron chi connectivity index (χ1n) is 11.8. The summed E-state index contributed by atoms with van der Waals surface area (Å²) in [5.41, 5.74) is 7.04. The molecule has 10 nitrogen and oxygen atoms in total.